The average molecular weight is 298 g/mol. The van der Waals surface area contributed by atoms with E-state index < -0.39 is 0 Å². The normalized spacial score (nSPS) is 10.2. The molecule has 0 fully saturated rings. The van der Waals surface area contributed by atoms with Crippen molar-refractivity contribution < 1.29 is 4.79 Å². The van der Waals surface area contributed by atoms with E-state index in [1.54, 1.807) is 0 Å². The van der Waals surface area contributed by atoms with Gasteiger partial charge in [-0.1, -0.05) is 53.2 Å². The molecule has 94 valence electrons. The molecule has 1 amide bonds. The minimum Gasteiger partial charge on any atom is -0.342 e. The number of nitrogens with zero attached hydrogens (tertiary/aromatic N) is 1. The van der Waals surface area contributed by atoms with Crippen LogP contribution in [0.25, 0.3) is 0 Å². The molecule has 0 aromatic heterocycles. The van der Waals surface area contributed by atoms with E-state index in [1.807, 2.05) is 23.1 Å². The van der Waals surface area contributed by atoms with Gasteiger partial charge in [-0.3, -0.25) is 4.79 Å². The van der Waals surface area contributed by atoms with Gasteiger partial charge in [-0.2, -0.15) is 0 Å². The zero-order chi connectivity index (χ0) is 12.5. The number of rotatable bonds is 7. The molecule has 0 spiro atoms. The molecule has 0 aliphatic carbocycles. The van der Waals surface area contributed by atoms with Crippen LogP contribution in [0.5, 0.6) is 0 Å². The van der Waals surface area contributed by atoms with Gasteiger partial charge in [0, 0.05) is 24.8 Å². The lowest BCUT2D eigenvalue weighted by Gasteiger charge is -2.21. The Morgan fingerprint density at radius 2 is 1.94 bits per heavy atom. The maximum Gasteiger partial charge on any atom is 0.222 e. The Hall–Kier alpha value is -0.830. The highest BCUT2D eigenvalue weighted by molar-refractivity contribution is 9.09. The van der Waals surface area contributed by atoms with Gasteiger partial charge >= 0.3 is 0 Å². The highest BCUT2D eigenvalue weighted by Crippen LogP contribution is 2.05. The fraction of sp³-hybridized carbons (Fsp3) is 0.500. The molecule has 3 heteroatoms. The molecule has 0 N–H and O–H groups in total. The van der Waals surface area contributed by atoms with Gasteiger partial charge in [-0.15, -0.1) is 0 Å². The number of carbonyl (C=O) groups excluding carboxylic acids is 1. The van der Waals surface area contributed by atoms with Crippen molar-refractivity contribution >= 4 is 21.8 Å². The maximum atomic E-state index is 12.0. The number of aryl methyl sites for hydroxylation is 1. The van der Waals surface area contributed by atoms with Crippen molar-refractivity contribution in [3.8, 4) is 0 Å². The first-order valence-corrected chi connectivity index (χ1v) is 7.27. The molecule has 1 aromatic carbocycles. The summed E-state index contributed by atoms with van der Waals surface area (Å²) in [5.41, 5.74) is 1.23. The predicted octanol–water partition coefficient (Wildman–Crippen LogP) is 3.25. The van der Waals surface area contributed by atoms with E-state index in [0.717, 1.165) is 31.3 Å². The fourth-order valence-corrected chi connectivity index (χ4v) is 2.22. The Morgan fingerprint density at radius 3 is 2.53 bits per heavy atom. The van der Waals surface area contributed by atoms with Crippen molar-refractivity contribution in [2.24, 2.45) is 0 Å². The topological polar surface area (TPSA) is 20.3 Å². The maximum absolute atomic E-state index is 12.0. The van der Waals surface area contributed by atoms with Gasteiger partial charge in [0.15, 0.2) is 0 Å². The smallest absolute Gasteiger partial charge is 0.222 e. The summed E-state index contributed by atoms with van der Waals surface area (Å²) in [5.74, 6) is 0.259. The molecule has 1 aromatic rings. The lowest BCUT2D eigenvalue weighted by molar-refractivity contribution is -0.130. The molecular weight excluding hydrogens is 278 g/mol. The van der Waals surface area contributed by atoms with Crippen molar-refractivity contribution in [1.82, 2.24) is 4.90 Å². The summed E-state index contributed by atoms with van der Waals surface area (Å²) in [6.07, 6.45) is 2.46. The van der Waals surface area contributed by atoms with Crippen LogP contribution in [0, 0.1) is 0 Å². The number of hydrogen-bond acceptors (Lipinski definition) is 1. The third-order valence-corrected chi connectivity index (χ3v) is 3.03. The predicted molar refractivity (Wildman–Crippen MR) is 75.4 cm³/mol. The zero-order valence-corrected chi connectivity index (χ0v) is 11.9. The van der Waals surface area contributed by atoms with Crippen LogP contribution in [-0.4, -0.2) is 29.2 Å². The lowest BCUT2D eigenvalue weighted by atomic mass is 10.1. The Bertz CT molecular complexity index is 320. The first-order valence-electron chi connectivity index (χ1n) is 6.15. The van der Waals surface area contributed by atoms with Crippen LogP contribution >= 0.6 is 15.9 Å². The van der Waals surface area contributed by atoms with Gasteiger partial charge in [0.1, 0.15) is 0 Å². The molecule has 0 aliphatic rings. The monoisotopic (exact) mass is 297 g/mol. The summed E-state index contributed by atoms with van der Waals surface area (Å²) in [6.45, 7) is 3.77. The van der Waals surface area contributed by atoms with Crippen molar-refractivity contribution in [3.63, 3.8) is 0 Å². The van der Waals surface area contributed by atoms with Gasteiger partial charge in [-0.05, 0) is 18.4 Å². The average Bonchev–Trinajstić information content (AvgIpc) is 2.37. The number of amides is 1. The van der Waals surface area contributed by atoms with Crippen molar-refractivity contribution in [2.75, 3.05) is 18.4 Å². The summed E-state index contributed by atoms with van der Waals surface area (Å²) >= 11 is 3.39. The Kier molecular flexibility index (Phi) is 6.94. The minimum absolute atomic E-state index is 0.259. The molecule has 1 rings (SSSR count). The molecule has 0 saturated heterocycles. The van der Waals surface area contributed by atoms with Crippen LogP contribution in [0.3, 0.4) is 0 Å². The van der Waals surface area contributed by atoms with E-state index in [0.29, 0.717) is 6.42 Å². The molecule has 0 saturated carbocycles. The molecule has 0 aliphatic heterocycles. The third kappa shape index (κ3) is 5.35. The molecule has 0 heterocycles. The van der Waals surface area contributed by atoms with Crippen LogP contribution in [-0.2, 0) is 11.2 Å². The fourth-order valence-electron chi connectivity index (χ4n) is 1.79. The highest BCUT2D eigenvalue weighted by atomic mass is 79.9. The van der Waals surface area contributed by atoms with Crippen LogP contribution in [0.2, 0.25) is 0 Å². The van der Waals surface area contributed by atoms with Crippen molar-refractivity contribution in [3.05, 3.63) is 35.9 Å². The van der Waals surface area contributed by atoms with E-state index in [2.05, 4.69) is 35.0 Å². The first kappa shape index (κ1) is 14.2. The number of carbonyl (C=O) groups is 1. The summed E-state index contributed by atoms with van der Waals surface area (Å²) in [4.78, 5) is 13.9. The standard InChI is InChI=1S/C14H20BrNO/c1-2-11-16(12-10-15)14(17)9-8-13-6-4-3-5-7-13/h3-7H,2,8-12H2,1H3. The summed E-state index contributed by atoms with van der Waals surface area (Å²) in [6, 6.07) is 10.2. The largest absolute Gasteiger partial charge is 0.342 e. The number of hydrogen-bond donors (Lipinski definition) is 0. The molecule has 0 bridgehead atoms. The Morgan fingerprint density at radius 1 is 1.24 bits per heavy atom. The van der Waals surface area contributed by atoms with E-state index in [1.165, 1.54) is 5.56 Å². The van der Waals surface area contributed by atoms with Gasteiger partial charge in [0.2, 0.25) is 5.91 Å². The second-order valence-corrected chi connectivity index (χ2v) is 4.85. The molecule has 0 radical (unpaired) electrons. The van der Waals surface area contributed by atoms with Crippen molar-refractivity contribution in [1.29, 1.82) is 0 Å². The molecule has 0 unspecified atom stereocenters. The molecule has 17 heavy (non-hydrogen) atoms. The summed E-state index contributed by atoms with van der Waals surface area (Å²) in [7, 11) is 0. The first-order chi connectivity index (χ1) is 8.27. The lowest BCUT2D eigenvalue weighted by Crippen LogP contribution is -2.33. The van der Waals surface area contributed by atoms with Gasteiger partial charge < -0.3 is 4.90 Å². The molecule has 0 atom stereocenters. The second kappa shape index (κ2) is 8.29. The van der Waals surface area contributed by atoms with E-state index in [4.69, 9.17) is 0 Å². The summed E-state index contributed by atoms with van der Waals surface area (Å²) in [5, 5.41) is 0.851. The van der Waals surface area contributed by atoms with Crippen LogP contribution in [0.4, 0.5) is 0 Å². The van der Waals surface area contributed by atoms with Gasteiger partial charge in [0.25, 0.3) is 0 Å². The Labute approximate surface area is 112 Å². The van der Waals surface area contributed by atoms with E-state index >= 15 is 0 Å². The van der Waals surface area contributed by atoms with Crippen LogP contribution < -0.4 is 0 Å². The number of halogens is 1. The highest BCUT2D eigenvalue weighted by Gasteiger charge is 2.11. The second-order valence-electron chi connectivity index (χ2n) is 4.06. The quantitative estimate of drug-likeness (QED) is 0.708. The van der Waals surface area contributed by atoms with Crippen molar-refractivity contribution in [2.45, 2.75) is 26.2 Å². The Balaban J connectivity index is 2.41. The molecular formula is C14H20BrNO. The minimum atomic E-state index is 0.259. The molecule has 2 nitrogen and oxygen atoms in total. The SMILES string of the molecule is CCCN(CCBr)C(=O)CCc1ccccc1. The number of benzene rings is 1. The van der Waals surface area contributed by atoms with E-state index in [9.17, 15) is 4.79 Å². The third-order valence-electron chi connectivity index (χ3n) is 2.67. The van der Waals surface area contributed by atoms with Crippen LogP contribution in [0.1, 0.15) is 25.3 Å². The van der Waals surface area contributed by atoms with Crippen LogP contribution in [0.15, 0.2) is 30.3 Å². The summed E-state index contributed by atoms with van der Waals surface area (Å²) < 4.78 is 0. The van der Waals surface area contributed by atoms with Gasteiger partial charge in [-0.25, -0.2) is 0 Å². The zero-order valence-electron chi connectivity index (χ0n) is 10.4. The van der Waals surface area contributed by atoms with Gasteiger partial charge in [0.05, 0.1) is 0 Å². The van der Waals surface area contributed by atoms with E-state index in [-0.39, 0.29) is 5.91 Å². The number of alkyl halides is 1.